The van der Waals surface area contributed by atoms with Gasteiger partial charge in [0.15, 0.2) is 16.7 Å². The molecule has 2 heterocycles. The molecule has 0 atom stereocenters. The lowest BCUT2D eigenvalue weighted by molar-refractivity contribution is -0.121. The highest BCUT2D eigenvalue weighted by Crippen LogP contribution is 2.30. The number of aromatic amines is 1. The predicted octanol–water partition coefficient (Wildman–Crippen LogP) is 3.57. The number of hydrogen-bond acceptors (Lipinski definition) is 5. The molecular formula is C21H23N3O3S. The van der Waals surface area contributed by atoms with Crippen molar-refractivity contribution in [1.82, 2.24) is 15.3 Å². The van der Waals surface area contributed by atoms with E-state index in [1.54, 1.807) is 11.8 Å². The Kier molecular flexibility index (Phi) is 6.01. The Morgan fingerprint density at radius 1 is 1.14 bits per heavy atom. The molecule has 0 saturated carbocycles. The Balaban J connectivity index is 1.14. The van der Waals surface area contributed by atoms with Crippen LogP contribution in [0, 0.1) is 0 Å². The van der Waals surface area contributed by atoms with E-state index in [9.17, 15) is 4.79 Å². The van der Waals surface area contributed by atoms with Crippen LogP contribution in [0.2, 0.25) is 0 Å². The predicted molar refractivity (Wildman–Crippen MR) is 110 cm³/mol. The summed E-state index contributed by atoms with van der Waals surface area (Å²) in [5.41, 5.74) is 3.15. The van der Waals surface area contributed by atoms with Gasteiger partial charge >= 0.3 is 0 Å². The number of rotatable bonds is 8. The number of nitrogens with zero attached hydrogens (tertiary/aromatic N) is 1. The number of amides is 1. The largest absolute Gasteiger partial charge is 0.486 e. The van der Waals surface area contributed by atoms with Crippen LogP contribution in [0.1, 0.15) is 18.4 Å². The van der Waals surface area contributed by atoms with Gasteiger partial charge in [-0.05, 0) is 42.7 Å². The number of carbonyl (C=O) groups excluding carboxylic acids is 1. The fourth-order valence-corrected chi connectivity index (χ4v) is 3.90. The normalized spacial score (nSPS) is 12.9. The van der Waals surface area contributed by atoms with Gasteiger partial charge in [-0.1, -0.05) is 30.0 Å². The van der Waals surface area contributed by atoms with E-state index in [2.05, 4.69) is 15.3 Å². The molecule has 7 heteroatoms. The van der Waals surface area contributed by atoms with E-state index < -0.39 is 0 Å². The average Bonchev–Trinajstić information content (AvgIpc) is 3.14. The first-order valence-corrected chi connectivity index (χ1v) is 10.5. The van der Waals surface area contributed by atoms with E-state index in [0.717, 1.165) is 51.8 Å². The monoisotopic (exact) mass is 397 g/mol. The maximum absolute atomic E-state index is 12.0. The third-order valence-electron chi connectivity index (χ3n) is 4.50. The second-order valence-electron chi connectivity index (χ2n) is 6.59. The van der Waals surface area contributed by atoms with E-state index >= 15 is 0 Å². The molecule has 0 unspecified atom stereocenters. The number of ether oxygens (including phenoxy) is 2. The van der Waals surface area contributed by atoms with Gasteiger partial charge < -0.3 is 19.8 Å². The molecule has 2 N–H and O–H groups in total. The summed E-state index contributed by atoms with van der Waals surface area (Å²) in [6.45, 7) is 1.80. The van der Waals surface area contributed by atoms with Gasteiger partial charge in [0.25, 0.3) is 0 Å². The van der Waals surface area contributed by atoms with Crippen molar-refractivity contribution in [1.29, 1.82) is 0 Å². The van der Waals surface area contributed by atoms with Gasteiger partial charge in [-0.25, -0.2) is 4.98 Å². The number of H-pyrrole nitrogens is 1. The van der Waals surface area contributed by atoms with Crippen LogP contribution in [0.15, 0.2) is 47.6 Å². The van der Waals surface area contributed by atoms with Crippen LogP contribution in [0.25, 0.3) is 11.0 Å². The summed E-state index contributed by atoms with van der Waals surface area (Å²) < 4.78 is 11.1. The summed E-state index contributed by atoms with van der Waals surface area (Å²) in [5, 5.41) is 3.89. The molecule has 4 rings (SSSR count). The number of fused-ring (bicyclic) bond motifs is 2. The summed E-state index contributed by atoms with van der Waals surface area (Å²) in [6.07, 6.45) is 2.11. The van der Waals surface area contributed by atoms with E-state index in [4.69, 9.17) is 9.47 Å². The van der Waals surface area contributed by atoms with Crippen LogP contribution in [0.4, 0.5) is 0 Å². The fourth-order valence-electron chi connectivity index (χ4n) is 3.08. The molecule has 1 aliphatic heterocycles. The Morgan fingerprint density at radius 3 is 2.89 bits per heavy atom. The summed E-state index contributed by atoms with van der Waals surface area (Å²) in [7, 11) is 0. The van der Waals surface area contributed by atoms with Gasteiger partial charge in [0.2, 0.25) is 5.91 Å². The molecule has 1 aromatic heterocycles. The number of carbonyl (C=O) groups is 1. The van der Waals surface area contributed by atoms with E-state index in [-0.39, 0.29) is 5.91 Å². The molecule has 0 bridgehead atoms. The molecule has 1 aliphatic rings. The van der Waals surface area contributed by atoms with Crippen molar-refractivity contribution >= 4 is 28.7 Å². The van der Waals surface area contributed by atoms with Crippen LogP contribution in [-0.4, -0.2) is 41.4 Å². The molecule has 3 aromatic rings. The molecule has 0 fully saturated rings. The quantitative estimate of drug-likeness (QED) is 0.449. The molecule has 2 aromatic carbocycles. The van der Waals surface area contributed by atoms with E-state index in [1.165, 1.54) is 0 Å². The maximum atomic E-state index is 12.0. The molecule has 1 amide bonds. The maximum Gasteiger partial charge on any atom is 0.220 e. The smallest absolute Gasteiger partial charge is 0.220 e. The third-order valence-corrected chi connectivity index (χ3v) is 5.46. The van der Waals surface area contributed by atoms with Crippen molar-refractivity contribution < 1.29 is 14.3 Å². The molecule has 0 spiro atoms. The molecule has 146 valence electrons. The second kappa shape index (κ2) is 9.01. The minimum absolute atomic E-state index is 0.0859. The van der Waals surface area contributed by atoms with Gasteiger partial charge in [-0.15, -0.1) is 0 Å². The average molecular weight is 398 g/mol. The van der Waals surface area contributed by atoms with Gasteiger partial charge in [0, 0.05) is 18.7 Å². The lowest BCUT2D eigenvalue weighted by atomic mass is 10.1. The Morgan fingerprint density at radius 2 is 2.00 bits per heavy atom. The van der Waals surface area contributed by atoms with Crippen LogP contribution in [0.3, 0.4) is 0 Å². The number of imidazole rings is 1. The number of nitrogens with one attached hydrogen (secondary N) is 2. The first-order valence-electron chi connectivity index (χ1n) is 9.51. The molecule has 0 saturated heterocycles. The zero-order chi connectivity index (χ0) is 19.2. The summed E-state index contributed by atoms with van der Waals surface area (Å²) in [4.78, 5) is 19.9. The third kappa shape index (κ3) is 4.78. The Labute approximate surface area is 168 Å². The zero-order valence-electron chi connectivity index (χ0n) is 15.6. The standard InChI is InChI=1S/C21H23N3O3S/c25-20(6-3-13-28-21-23-16-4-1-2-5-17(16)24-21)22-10-9-15-7-8-18-19(14-15)27-12-11-26-18/h1-2,4-5,7-8,14H,3,6,9-13H2,(H,22,25)(H,23,24). The fraction of sp³-hybridized carbons (Fsp3) is 0.333. The van der Waals surface area contributed by atoms with Gasteiger partial charge in [0.05, 0.1) is 11.0 Å². The molecule has 0 aliphatic carbocycles. The highest BCUT2D eigenvalue weighted by molar-refractivity contribution is 7.99. The van der Waals surface area contributed by atoms with Crippen LogP contribution in [-0.2, 0) is 11.2 Å². The molecule has 28 heavy (non-hydrogen) atoms. The van der Waals surface area contributed by atoms with Crippen molar-refractivity contribution in [2.75, 3.05) is 25.5 Å². The first-order chi connectivity index (χ1) is 13.8. The Hall–Kier alpha value is -2.67. The lowest BCUT2D eigenvalue weighted by Gasteiger charge is -2.18. The van der Waals surface area contributed by atoms with Crippen LogP contribution >= 0.6 is 11.8 Å². The Bertz CT molecular complexity index is 924. The second-order valence-corrected chi connectivity index (χ2v) is 7.67. The number of benzene rings is 2. The van der Waals surface area contributed by atoms with Crippen molar-refractivity contribution in [2.45, 2.75) is 24.4 Å². The van der Waals surface area contributed by atoms with E-state index in [1.807, 2.05) is 42.5 Å². The topological polar surface area (TPSA) is 76.2 Å². The SMILES string of the molecule is O=C(CCCSc1nc2ccccc2[nH]1)NCCc1ccc2c(c1)OCCO2. The van der Waals surface area contributed by atoms with Crippen LogP contribution in [0.5, 0.6) is 11.5 Å². The van der Waals surface area contributed by atoms with Crippen molar-refractivity contribution in [2.24, 2.45) is 0 Å². The molecule has 0 radical (unpaired) electrons. The molecule has 6 nitrogen and oxygen atoms in total. The van der Waals surface area contributed by atoms with Gasteiger partial charge in [-0.3, -0.25) is 4.79 Å². The van der Waals surface area contributed by atoms with Crippen molar-refractivity contribution in [3.05, 3.63) is 48.0 Å². The summed E-state index contributed by atoms with van der Waals surface area (Å²) in [6, 6.07) is 13.9. The van der Waals surface area contributed by atoms with Crippen molar-refractivity contribution in [3.63, 3.8) is 0 Å². The molecular weight excluding hydrogens is 374 g/mol. The first kappa shape index (κ1) is 18.7. The summed E-state index contributed by atoms with van der Waals surface area (Å²) in [5.74, 6) is 2.52. The minimum Gasteiger partial charge on any atom is -0.486 e. The highest BCUT2D eigenvalue weighted by atomic mass is 32.2. The highest BCUT2D eigenvalue weighted by Gasteiger charge is 2.11. The van der Waals surface area contributed by atoms with Gasteiger partial charge in [-0.2, -0.15) is 0 Å². The number of hydrogen-bond donors (Lipinski definition) is 2. The minimum atomic E-state index is 0.0859. The number of thioether (sulfide) groups is 1. The number of aromatic nitrogens is 2. The summed E-state index contributed by atoms with van der Waals surface area (Å²) >= 11 is 1.65. The van der Waals surface area contributed by atoms with Crippen molar-refractivity contribution in [3.8, 4) is 11.5 Å². The van der Waals surface area contributed by atoms with Gasteiger partial charge in [0.1, 0.15) is 13.2 Å². The zero-order valence-corrected chi connectivity index (χ0v) is 16.4. The lowest BCUT2D eigenvalue weighted by Crippen LogP contribution is -2.25. The number of para-hydroxylation sites is 2. The van der Waals surface area contributed by atoms with Crippen LogP contribution < -0.4 is 14.8 Å². The van der Waals surface area contributed by atoms with E-state index in [0.29, 0.717) is 26.2 Å².